The minimum Gasteiger partial charge on any atom is -0.489 e. The lowest BCUT2D eigenvalue weighted by molar-refractivity contribution is 0.303. The number of benzene rings is 2. The molecule has 0 aliphatic heterocycles. The highest BCUT2D eigenvalue weighted by Gasteiger charge is 2.09. The first-order valence-corrected chi connectivity index (χ1v) is 7.02. The highest BCUT2D eigenvalue weighted by Crippen LogP contribution is 2.31. The van der Waals surface area contributed by atoms with Gasteiger partial charge in [0.1, 0.15) is 12.4 Å². The summed E-state index contributed by atoms with van der Waals surface area (Å²) in [5.41, 5.74) is 11.2. The molecule has 0 spiro atoms. The van der Waals surface area contributed by atoms with Gasteiger partial charge in [0, 0.05) is 10.2 Å². The Bertz CT molecular complexity index is 591. The third-order valence-electron chi connectivity index (χ3n) is 3.33. The molecule has 3 heteroatoms. The second-order valence-electron chi connectivity index (χ2n) is 4.79. The van der Waals surface area contributed by atoms with E-state index in [1.165, 1.54) is 16.7 Å². The second-order valence-corrected chi connectivity index (χ2v) is 5.58. The molecule has 0 amide bonds. The molecule has 0 bridgehead atoms. The topological polar surface area (TPSA) is 35.2 Å². The van der Waals surface area contributed by atoms with Gasteiger partial charge in [-0.3, -0.25) is 0 Å². The standard InChI is InChI=1S/C16H18BrNO/c1-10-8-15(11(2)12(3)16(10)17)19-9-13-4-6-14(18)7-5-13/h4-8H,9,18H2,1-3H3. The zero-order valence-electron chi connectivity index (χ0n) is 11.5. The van der Waals surface area contributed by atoms with E-state index in [0.29, 0.717) is 6.61 Å². The number of nitrogens with two attached hydrogens (primary N) is 1. The van der Waals surface area contributed by atoms with Crippen molar-refractivity contribution >= 4 is 21.6 Å². The molecule has 0 heterocycles. The highest BCUT2D eigenvalue weighted by atomic mass is 79.9. The molecule has 0 unspecified atom stereocenters. The maximum absolute atomic E-state index is 5.92. The third-order valence-corrected chi connectivity index (χ3v) is 4.55. The predicted molar refractivity (Wildman–Crippen MR) is 83.5 cm³/mol. The molecule has 100 valence electrons. The van der Waals surface area contributed by atoms with Gasteiger partial charge in [0.25, 0.3) is 0 Å². The van der Waals surface area contributed by atoms with Crippen LogP contribution in [-0.4, -0.2) is 0 Å². The van der Waals surface area contributed by atoms with E-state index in [2.05, 4.69) is 42.8 Å². The molecule has 0 aromatic heterocycles. The summed E-state index contributed by atoms with van der Waals surface area (Å²) < 4.78 is 7.07. The number of aryl methyl sites for hydroxylation is 1. The Hall–Kier alpha value is -1.48. The smallest absolute Gasteiger partial charge is 0.123 e. The van der Waals surface area contributed by atoms with E-state index < -0.39 is 0 Å². The maximum atomic E-state index is 5.92. The van der Waals surface area contributed by atoms with E-state index in [0.717, 1.165) is 21.5 Å². The lowest BCUT2D eigenvalue weighted by Crippen LogP contribution is -2.00. The zero-order chi connectivity index (χ0) is 14.0. The van der Waals surface area contributed by atoms with Crippen molar-refractivity contribution < 1.29 is 4.74 Å². The summed E-state index contributed by atoms with van der Waals surface area (Å²) in [6, 6.07) is 9.84. The van der Waals surface area contributed by atoms with E-state index in [4.69, 9.17) is 10.5 Å². The number of ether oxygens (including phenoxy) is 1. The highest BCUT2D eigenvalue weighted by molar-refractivity contribution is 9.10. The number of nitrogen functional groups attached to an aromatic ring is 1. The molecular weight excluding hydrogens is 302 g/mol. The van der Waals surface area contributed by atoms with Crippen molar-refractivity contribution in [3.05, 3.63) is 57.1 Å². The number of halogens is 1. The Kier molecular flexibility index (Phi) is 4.15. The molecule has 0 atom stereocenters. The Morgan fingerprint density at radius 3 is 2.32 bits per heavy atom. The monoisotopic (exact) mass is 319 g/mol. The number of rotatable bonds is 3. The van der Waals surface area contributed by atoms with E-state index in [-0.39, 0.29) is 0 Å². The van der Waals surface area contributed by atoms with Gasteiger partial charge in [-0.05, 0) is 61.2 Å². The first-order chi connectivity index (χ1) is 8.99. The fraction of sp³-hybridized carbons (Fsp3) is 0.250. The summed E-state index contributed by atoms with van der Waals surface area (Å²) in [5, 5.41) is 0. The summed E-state index contributed by atoms with van der Waals surface area (Å²) in [4.78, 5) is 0. The molecule has 0 saturated heterocycles. The SMILES string of the molecule is Cc1cc(OCc2ccc(N)cc2)c(C)c(C)c1Br. The molecule has 0 saturated carbocycles. The van der Waals surface area contributed by atoms with Gasteiger partial charge < -0.3 is 10.5 Å². The molecule has 0 aliphatic rings. The molecule has 0 radical (unpaired) electrons. The minimum atomic E-state index is 0.557. The van der Waals surface area contributed by atoms with Crippen molar-refractivity contribution in [2.45, 2.75) is 27.4 Å². The summed E-state index contributed by atoms with van der Waals surface area (Å²) in [5.74, 6) is 0.940. The van der Waals surface area contributed by atoms with E-state index in [9.17, 15) is 0 Å². The maximum Gasteiger partial charge on any atom is 0.123 e. The van der Waals surface area contributed by atoms with Gasteiger partial charge in [0.2, 0.25) is 0 Å². The van der Waals surface area contributed by atoms with Gasteiger partial charge in [0.15, 0.2) is 0 Å². The van der Waals surface area contributed by atoms with Crippen LogP contribution in [0.1, 0.15) is 22.3 Å². The Morgan fingerprint density at radius 2 is 1.68 bits per heavy atom. The van der Waals surface area contributed by atoms with Crippen molar-refractivity contribution in [2.24, 2.45) is 0 Å². The van der Waals surface area contributed by atoms with Crippen molar-refractivity contribution in [2.75, 3.05) is 5.73 Å². The molecular formula is C16H18BrNO. The third kappa shape index (κ3) is 3.10. The van der Waals surface area contributed by atoms with E-state index in [1.54, 1.807) is 0 Å². The summed E-state index contributed by atoms with van der Waals surface area (Å²) in [6.07, 6.45) is 0. The molecule has 19 heavy (non-hydrogen) atoms. The van der Waals surface area contributed by atoms with Crippen LogP contribution in [0.5, 0.6) is 5.75 Å². The number of hydrogen-bond acceptors (Lipinski definition) is 2. The largest absolute Gasteiger partial charge is 0.489 e. The first-order valence-electron chi connectivity index (χ1n) is 6.22. The quantitative estimate of drug-likeness (QED) is 0.843. The molecule has 2 aromatic rings. The van der Waals surface area contributed by atoms with Crippen LogP contribution in [-0.2, 0) is 6.61 Å². The molecule has 2 rings (SSSR count). The lowest BCUT2D eigenvalue weighted by Gasteiger charge is -2.14. The molecule has 0 fully saturated rings. The first kappa shape index (κ1) is 13.9. The van der Waals surface area contributed by atoms with E-state index in [1.807, 2.05) is 24.3 Å². The summed E-state index contributed by atoms with van der Waals surface area (Å²) >= 11 is 3.60. The lowest BCUT2D eigenvalue weighted by atomic mass is 10.1. The Morgan fingerprint density at radius 1 is 1.05 bits per heavy atom. The van der Waals surface area contributed by atoms with Crippen LogP contribution in [0.15, 0.2) is 34.8 Å². The zero-order valence-corrected chi connectivity index (χ0v) is 13.0. The van der Waals surface area contributed by atoms with Crippen LogP contribution in [0.4, 0.5) is 5.69 Å². The fourth-order valence-corrected chi connectivity index (χ4v) is 2.35. The van der Waals surface area contributed by atoms with Gasteiger partial charge in [-0.2, -0.15) is 0 Å². The van der Waals surface area contributed by atoms with Crippen molar-refractivity contribution in [3.63, 3.8) is 0 Å². The van der Waals surface area contributed by atoms with E-state index >= 15 is 0 Å². The van der Waals surface area contributed by atoms with Crippen LogP contribution >= 0.6 is 15.9 Å². The normalized spacial score (nSPS) is 10.5. The number of anilines is 1. The van der Waals surface area contributed by atoms with Crippen LogP contribution in [0.25, 0.3) is 0 Å². The summed E-state index contributed by atoms with van der Waals surface area (Å²) in [7, 11) is 0. The van der Waals surface area contributed by atoms with Crippen LogP contribution in [0.3, 0.4) is 0 Å². The molecule has 0 aliphatic carbocycles. The average Bonchev–Trinajstić information content (AvgIpc) is 2.41. The van der Waals surface area contributed by atoms with Crippen molar-refractivity contribution in [1.29, 1.82) is 0 Å². The van der Waals surface area contributed by atoms with Gasteiger partial charge in [0.05, 0.1) is 0 Å². The van der Waals surface area contributed by atoms with Crippen LogP contribution in [0.2, 0.25) is 0 Å². The fourth-order valence-electron chi connectivity index (χ4n) is 1.94. The van der Waals surface area contributed by atoms with Gasteiger partial charge in [-0.1, -0.05) is 28.1 Å². The molecule has 2 N–H and O–H groups in total. The molecule has 2 nitrogen and oxygen atoms in total. The summed E-state index contributed by atoms with van der Waals surface area (Å²) in [6.45, 7) is 6.81. The second kappa shape index (κ2) is 5.66. The van der Waals surface area contributed by atoms with Crippen molar-refractivity contribution in [3.8, 4) is 5.75 Å². The Labute approximate surface area is 122 Å². The van der Waals surface area contributed by atoms with Crippen molar-refractivity contribution in [1.82, 2.24) is 0 Å². The Balaban J connectivity index is 2.18. The van der Waals surface area contributed by atoms with Crippen LogP contribution < -0.4 is 10.5 Å². The van der Waals surface area contributed by atoms with Gasteiger partial charge >= 0.3 is 0 Å². The van der Waals surface area contributed by atoms with Gasteiger partial charge in [-0.25, -0.2) is 0 Å². The number of hydrogen-bond donors (Lipinski definition) is 1. The molecule has 2 aromatic carbocycles. The van der Waals surface area contributed by atoms with Crippen LogP contribution in [0, 0.1) is 20.8 Å². The minimum absolute atomic E-state index is 0.557. The van der Waals surface area contributed by atoms with Gasteiger partial charge in [-0.15, -0.1) is 0 Å². The predicted octanol–water partition coefficient (Wildman–Crippen LogP) is 4.54. The average molecular weight is 320 g/mol.